The maximum absolute atomic E-state index is 13.8. The monoisotopic (exact) mass is 534 g/mol. The van der Waals surface area contributed by atoms with E-state index in [2.05, 4.69) is 10.3 Å². The first-order chi connectivity index (χ1) is 18.4. The van der Waals surface area contributed by atoms with E-state index in [9.17, 15) is 22.8 Å². The summed E-state index contributed by atoms with van der Waals surface area (Å²) in [5.74, 6) is -0.140. The molecule has 3 aromatic carbocycles. The van der Waals surface area contributed by atoms with Gasteiger partial charge in [-0.05, 0) is 46.0 Å². The van der Waals surface area contributed by atoms with Gasteiger partial charge in [0.25, 0.3) is 0 Å². The zero-order valence-corrected chi connectivity index (χ0v) is 20.7. The number of pyridine rings is 1. The van der Waals surface area contributed by atoms with E-state index in [0.717, 1.165) is 40.1 Å². The van der Waals surface area contributed by atoms with Crippen molar-refractivity contribution in [2.75, 3.05) is 6.61 Å². The van der Waals surface area contributed by atoms with Crippen LogP contribution in [0, 0.1) is 0 Å². The molecule has 0 spiro atoms. The number of carbonyl (C=O) groups is 2. The van der Waals surface area contributed by atoms with E-state index in [1.54, 1.807) is 0 Å². The Morgan fingerprint density at radius 3 is 2.29 bits per heavy atom. The van der Waals surface area contributed by atoms with Crippen molar-refractivity contribution in [1.82, 2.24) is 10.3 Å². The van der Waals surface area contributed by atoms with Crippen LogP contribution in [0.1, 0.15) is 38.5 Å². The van der Waals surface area contributed by atoms with Crippen molar-refractivity contribution >= 4 is 24.1 Å². The predicted molar refractivity (Wildman–Crippen MR) is 137 cm³/mol. The van der Waals surface area contributed by atoms with Gasteiger partial charge in [-0.2, -0.15) is 13.2 Å². The summed E-state index contributed by atoms with van der Waals surface area (Å²) in [6.07, 6.45) is -3.44. The fourth-order valence-corrected chi connectivity index (χ4v) is 5.67. The van der Waals surface area contributed by atoms with Crippen molar-refractivity contribution < 1.29 is 27.5 Å². The number of alkyl halides is 3. The van der Waals surface area contributed by atoms with Gasteiger partial charge < -0.3 is 10.1 Å². The Morgan fingerprint density at radius 1 is 0.947 bits per heavy atom. The van der Waals surface area contributed by atoms with Crippen molar-refractivity contribution in [3.8, 4) is 11.1 Å². The number of ether oxygens (including phenoxy) is 1. The summed E-state index contributed by atoms with van der Waals surface area (Å²) in [6.45, 7) is -0.118. The fraction of sp³-hybridized carbons (Fsp3) is 0.138. The molecule has 0 fully saturated rings. The quantitative estimate of drug-likeness (QED) is 0.256. The van der Waals surface area contributed by atoms with Crippen molar-refractivity contribution in [3.63, 3.8) is 0 Å². The van der Waals surface area contributed by atoms with Gasteiger partial charge in [0.15, 0.2) is 6.29 Å². The molecule has 5 nitrogen and oxygen atoms in total. The second-order valence-corrected chi connectivity index (χ2v) is 9.59. The van der Waals surface area contributed by atoms with E-state index < -0.39 is 17.8 Å². The molecule has 0 saturated heterocycles. The Labute approximate surface area is 221 Å². The summed E-state index contributed by atoms with van der Waals surface area (Å²) in [7, 11) is 0. The Morgan fingerprint density at radius 2 is 1.63 bits per heavy atom. The van der Waals surface area contributed by atoms with Crippen LogP contribution >= 0.6 is 11.8 Å². The third-order valence-corrected chi connectivity index (χ3v) is 7.52. The van der Waals surface area contributed by atoms with Gasteiger partial charge in [-0.15, -0.1) is 0 Å². The largest absolute Gasteiger partial charge is 0.449 e. The maximum Gasteiger partial charge on any atom is 0.417 e. The highest BCUT2D eigenvalue weighted by Gasteiger charge is 2.35. The number of benzene rings is 3. The molecule has 1 heterocycles. The van der Waals surface area contributed by atoms with Gasteiger partial charge in [-0.1, -0.05) is 72.4 Å². The van der Waals surface area contributed by atoms with Crippen molar-refractivity contribution in [2.24, 2.45) is 0 Å². The van der Waals surface area contributed by atoms with E-state index in [4.69, 9.17) is 4.74 Å². The molecule has 1 aromatic heterocycles. The van der Waals surface area contributed by atoms with Gasteiger partial charge in [0, 0.05) is 29.1 Å². The number of aldehydes is 1. The van der Waals surface area contributed by atoms with Crippen LogP contribution in [0.3, 0.4) is 0 Å². The third kappa shape index (κ3) is 5.15. The molecule has 38 heavy (non-hydrogen) atoms. The summed E-state index contributed by atoms with van der Waals surface area (Å²) < 4.78 is 47.0. The SMILES string of the molecule is O=Cc1cccnc1Sc1c(CNC(=O)OCC2c3ccccc3-c3ccccc32)cccc1C(F)(F)F. The lowest BCUT2D eigenvalue weighted by Gasteiger charge is -2.18. The standard InChI is InChI=1S/C29H21F3N2O3S/c30-29(31,32)25-13-5-7-18(26(25)38-27-19(16-35)8-6-14-33-27)15-34-28(36)37-17-24-22-11-3-1-9-20(22)21-10-2-4-12-23(21)24/h1-14,16,24H,15,17H2,(H,34,36). The number of aromatic nitrogens is 1. The smallest absolute Gasteiger partial charge is 0.417 e. The van der Waals surface area contributed by atoms with Crippen LogP contribution in [0.4, 0.5) is 18.0 Å². The van der Waals surface area contributed by atoms with E-state index in [0.29, 0.717) is 6.29 Å². The van der Waals surface area contributed by atoms with Gasteiger partial charge in [0.05, 0.1) is 5.56 Å². The molecular formula is C29H21F3N2O3S. The van der Waals surface area contributed by atoms with Crippen LogP contribution in [0.5, 0.6) is 0 Å². The fourth-order valence-electron chi connectivity index (χ4n) is 4.56. The molecule has 9 heteroatoms. The lowest BCUT2D eigenvalue weighted by molar-refractivity contribution is -0.139. The summed E-state index contributed by atoms with van der Waals surface area (Å²) in [4.78, 5) is 27.9. The van der Waals surface area contributed by atoms with Crippen LogP contribution in [0.2, 0.25) is 0 Å². The molecule has 5 rings (SSSR count). The van der Waals surface area contributed by atoms with Gasteiger partial charge in [0.2, 0.25) is 0 Å². The van der Waals surface area contributed by atoms with Crippen molar-refractivity contribution in [2.45, 2.75) is 28.6 Å². The van der Waals surface area contributed by atoms with E-state index >= 15 is 0 Å². The van der Waals surface area contributed by atoms with Crippen LogP contribution < -0.4 is 5.32 Å². The Balaban J connectivity index is 1.32. The lowest BCUT2D eigenvalue weighted by atomic mass is 9.98. The number of fused-ring (bicyclic) bond motifs is 3. The minimum Gasteiger partial charge on any atom is -0.449 e. The average Bonchev–Trinajstić information content (AvgIpc) is 3.24. The van der Waals surface area contributed by atoms with Gasteiger partial charge >= 0.3 is 12.3 Å². The topological polar surface area (TPSA) is 68.3 Å². The van der Waals surface area contributed by atoms with Crippen LogP contribution in [0.15, 0.2) is 95.0 Å². The molecule has 0 unspecified atom stereocenters. The molecule has 0 atom stereocenters. The molecule has 4 aromatic rings. The molecule has 0 bridgehead atoms. The molecular weight excluding hydrogens is 513 g/mol. The molecule has 1 aliphatic rings. The van der Waals surface area contributed by atoms with E-state index in [-0.39, 0.29) is 40.1 Å². The number of hydrogen-bond acceptors (Lipinski definition) is 5. The molecule has 0 radical (unpaired) electrons. The molecule has 1 N–H and O–H groups in total. The van der Waals surface area contributed by atoms with Crippen molar-refractivity contribution in [3.05, 3.63) is 113 Å². The summed E-state index contributed by atoms with van der Waals surface area (Å²) in [5.41, 5.74) is 3.81. The first-order valence-electron chi connectivity index (χ1n) is 11.7. The number of nitrogens with zero attached hydrogens (tertiary/aromatic N) is 1. The van der Waals surface area contributed by atoms with Gasteiger partial charge in [0.1, 0.15) is 11.6 Å². The first-order valence-corrected chi connectivity index (χ1v) is 12.5. The van der Waals surface area contributed by atoms with Crippen LogP contribution in [-0.2, 0) is 17.5 Å². The number of amides is 1. The third-order valence-electron chi connectivity index (χ3n) is 6.30. The second-order valence-electron chi connectivity index (χ2n) is 8.59. The minimum absolute atomic E-state index is 0.0840. The maximum atomic E-state index is 13.8. The molecule has 1 aliphatic carbocycles. The Kier molecular flexibility index (Phi) is 7.20. The zero-order chi connectivity index (χ0) is 26.7. The summed E-state index contributed by atoms with van der Waals surface area (Å²) >= 11 is 0.734. The van der Waals surface area contributed by atoms with Gasteiger partial charge in [-0.3, -0.25) is 4.79 Å². The average molecular weight is 535 g/mol. The first kappa shape index (κ1) is 25.5. The Hall–Kier alpha value is -4.11. The second kappa shape index (κ2) is 10.7. The number of nitrogens with one attached hydrogen (secondary N) is 1. The predicted octanol–water partition coefficient (Wildman–Crippen LogP) is 7.10. The van der Waals surface area contributed by atoms with Gasteiger partial charge in [-0.25, -0.2) is 9.78 Å². The number of halogens is 3. The zero-order valence-electron chi connectivity index (χ0n) is 19.9. The number of alkyl carbamates (subject to hydrolysis) is 1. The number of hydrogen-bond donors (Lipinski definition) is 1. The molecule has 1 amide bonds. The molecule has 0 aliphatic heterocycles. The highest BCUT2D eigenvalue weighted by molar-refractivity contribution is 7.99. The minimum atomic E-state index is -4.64. The van der Waals surface area contributed by atoms with Crippen molar-refractivity contribution in [1.29, 1.82) is 0 Å². The highest BCUT2D eigenvalue weighted by Crippen LogP contribution is 2.45. The van der Waals surface area contributed by atoms with Crippen LogP contribution in [0.25, 0.3) is 11.1 Å². The lowest BCUT2D eigenvalue weighted by Crippen LogP contribution is -2.26. The number of carbonyl (C=O) groups excluding carboxylic acids is 2. The van der Waals surface area contributed by atoms with Crippen LogP contribution in [-0.4, -0.2) is 24.0 Å². The van der Waals surface area contributed by atoms with E-state index in [1.807, 2.05) is 48.5 Å². The molecule has 0 saturated carbocycles. The summed E-state index contributed by atoms with van der Waals surface area (Å²) in [6, 6.07) is 22.6. The highest BCUT2D eigenvalue weighted by atomic mass is 32.2. The Bertz CT molecular complexity index is 1460. The molecule has 192 valence electrons. The normalized spacial score (nSPS) is 12.5. The summed E-state index contributed by atoms with van der Waals surface area (Å²) in [5, 5.41) is 2.71. The number of rotatable bonds is 7. The van der Waals surface area contributed by atoms with E-state index in [1.165, 1.54) is 30.5 Å².